The van der Waals surface area contributed by atoms with Gasteiger partial charge in [0, 0.05) is 18.7 Å². The Morgan fingerprint density at radius 3 is 2.32 bits per heavy atom. The van der Waals surface area contributed by atoms with Crippen molar-refractivity contribution in [3.8, 4) is 0 Å². The molecule has 1 rings (SSSR count). The minimum Gasteiger partial charge on any atom is -0.388 e. The van der Waals surface area contributed by atoms with E-state index in [2.05, 4.69) is 34.4 Å². The maximum atomic E-state index is 10.2. The van der Waals surface area contributed by atoms with Crippen molar-refractivity contribution in [2.45, 2.75) is 52.6 Å². The van der Waals surface area contributed by atoms with Gasteiger partial charge in [0.05, 0.1) is 5.60 Å². The highest BCUT2D eigenvalue weighted by atomic mass is 16.3. The van der Waals surface area contributed by atoms with Gasteiger partial charge in [-0.1, -0.05) is 20.3 Å². The summed E-state index contributed by atoms with van der Waals surface area (Å²) >= 11 is 0. The van der Waals surface area contributed by atoms with Crippen LogP contribution in [0.3, 0.4) is 0 Å². The standard InChI is InChI=1S/C14H26N4O/c1-5-8-14(4,19)9-16-13-11(6-2)12(15-7-3)17-10-18-13/h10,19H,5-9H2,1-4H3,(H2,15,16,17,18). The van der Waals surface area contributed by atoms with Gasteiger partial charge in [-0.05, 0) is 26.7 Å². The van der Waals surface area contributed by atoms with Crippen molar-refractivity contribution < 1.29 is 5.11 Å². The molecule has 1 atom stereocenters. The van der Waals surface area contributed by atoms with Crippen molar-refractivity contribution in [1.29, 1.82) is 0 Å². The third kappa shape index (κ3) is 4.67. The highest BCUT2D eigenvalue weighted by Gasteiger charge is 2.20. The summed E-state index contributed by atoms with van der Waals surface area (Å²) in [5, 5.41) is 16.7. The molecular weight excluding hydrogens is 240 g/mol. The molecule has 19 heavy (non-hydrogen) atoms. The van der Waals surface area contributed by atoms with Gasteiger partial charge >= 0.3 is 0 Å². The van der Waals surface area contributed by atoms with E-state index in [-0.39, 0.29) is 0 Å². The normalized spacial score (nSPS) is 13.9. The molecule has 1 aromatic heterocycles. The maximum absolute atomic E-state index is 10.2. The predicted molar refractivity (Wildman–Crippen MR) is 79.6 cm³/mol. The molecule has 0 radical (unpaired) electrons. The monoisotopic (exact) mass is 266 g/mol. The Labute approximate surface area is 115 Å². The predicted octanol–water partition coefficient (Wildman–Crippen LogP) is 2.43. The molecule has 0 amide bonds. The summed E-state index contributed by atoms with van der Waals surface area (Å²) in [5.41, 5.74) is 0.361. The third-order valence-corrected chi connectivity index (χ3v) is 3.07. The lowest BCUT2D eigenvalue weighted by Gasteiger charge is -2.24. The molecule has 5 nitrogen and oxygen atoms in total. The van der Waals surface area contributed by atoms with Crippen LogP contribution in [0, 0.1) is 0 Å². The number of aliphatic hydroxyl groups is 1. The van der Waals surface area contributed by atoms with Crippen LogP contribution in [-0.4, -0.2) is 33.8 Å². The number of hydrogen-bond donors (Lipinski definition) is 3. The molecule has 0 aliphatic rings. The lowest BCUT2D eigenvalue weighted by atomic mass is 10.0. The van der Waals surface area contributed by atoms with Gasteiger partial charge in [0.1, 0.15) is 18.0 Å². The number of aromatic nitrogens is 2. The first kappa shape index (κ1) is 15.7. The minimum absolute atomic E-state index is 0.496. The minimum atomic E-state index is -0.705. The van der Waals surface area contributed by atoms with E-state index in [4.69, 9.17) is 0 Å². The van der Waals surface area contributed by atoms with Crippen molar-refractivity contribution in [3.63, 3.8) is 0 Å². The first-order valence-electron chi connectivity index (χ1n) is 7.08. The molecule has 0 spiro atoms. The number of nitrogens with zero attached hydrogens (tertiary/aromatic N) is 2. The van der Waals surface area contributed by atoms with Gasteiger partial charge in [0.2, 0.25) is 0 Å². The van der Waals surface area contributed by atoms with Gasteiger partial charge < -0.3 is 15.7 Å². The van der Waals surface area contributed by atoms with Crippen molar-refractivity contribution in [3.05, 3.63) is 11.9 Å². The zero-order chi connectivity index (χ0) is 14.3. The molecule has 1 heterocycles. The van der Waals surface area contributed by atoms with E-state index in [1.165, 1.54) is 0 Å². The fourth-order valence-corrected chi connectivity index (χ4v) is 2.12. The fraction of sp³-hybridized carbons (Fsp3) is 0.714. The fourth-order valence-electron chi connectivity index (χ4n) is 2.12. The second kappa shape index (κ2) is 7.28. The number of rotatable bonds is 8. The summed E-state index contributed by atoms with van der Waals surface area (Å²) in [4.78, 5) is 8.54. The van der Waals surface area contributed by atoms with E-state index in [1.54, 1.807) is 6.33 Å². The Morgan fingerprint density at radius 1 is 1.16 bits per heavy atom. The average molecular weight is 266 g/mol. The van der Waals surface area contributed by atoms with Crippen LogP contribution in [0.25, 0.3) is 0 Å². The molecule has 1 aromatic rings. The van der Waals surface area contributed by atoms with Crippen molar-refractivity contribution in [2.24, 2.45) is 0 Å². The van der Waals surface area contributed by atoms with Crippen LogP contribution >= 0.6 is 0 Å². The van der Waals surface area contributed by atoms with Crippen molar-refractivity contribution in [1.82, 2.24) is 9.97 Å². The summed E-state index contributed by atoms with van der Waals surface area (Å²) in [6.45, 7) is 9.37. The quantitative estimate of drug-likeness (QED) is 0.674. The molecule has 108 valence electrons. The molecule has 0 saturated heterocycles. The molecule has 0 aliphatic carbocycles. The zero-order valence-corrected chi connectivity index (χ0v) is 12.5. The average Bonchev–Trinajstić information content (AvgIpc) is 2.37. The molecule has 0 fully saturated rings. The van der Waals surface area contributed by atoms with Crippen LogP contribution in [0.2, 0.25) is 0 Å². The Hall–Kier alpha value is -1.36. The van der Waals surface area contributed by atoms with E-state index >= 15 is 0 Å². The molecule has 3 N–H and O–H groups in total. The van der Waals surface area contributed by atoms with E-state index in [9.17, 15) is 5.11 Å². The molecule has 5 heteroatoms. The van der Waals surface area contributed by atoms with E-state index in [0.717, 1.165) is 43.0 Å². The lowest BCUT2D eigenvalue weighted by Crippen LogP contribution is -2.33. The SMILES string of the molecule is CCCC(C)(O)CNc1ncnc(NCC)c1CC. The number of nitrogens with one attached hydrogen (secondary N) is 2. The number of anilines is 2. The van der Waals surface area contributed by atoms with Gasteiger partial charge in [-0.3, -0.25) is 0 Å². The van der Waals surface area contributed by atoms with Crippen LogP contribution in [-0.2, 0) is 6.42 Å². The molecule has 0 saturated carbocycles. The second-order valence-corrected chi connectivity index (χ2v) is 5.03. The van der Waals surface area contributed by atoms with Crippen LogP contribution in [0.4, 0.5) is 11.6 Å². The van der Waals surface area contributed by atoms with Crippen LogP contribution < -0.4 is 10.6 Å². The molecule has 1 unspecified atom stereocenters. The van der Waals surface area contributed by atoms with E-state index in [0.29, 0.717) is 6.54 Å². The Kier molecular flexibility index (Phi) is 6.02. The summed E-state index contributed by atoms with van der Waals surface area (Å²) < 4.78 is 0. The number of hydrogen-bond acceptors (Lipinski definition) is 5. The topological polar surface area (TPSA) is 70.1 Å². The Balaban J connectivity index is 2.80. The summed E-state index contributed by atoms with van der Waals surface area (Å²) in [6, 6.07) is 0. The molecular formula is C14H26N4O. The first-order valence-corrected chi connectivity index (χ1v) is 7.08. The van der Waals surface area contributed by atoms with Gasteiger partial charge in [-0.2, -0.15) is 0 Å². The summed E-state index contributed by atoms with van der Waals surface area (Å²) in [5.74, 6) is 1.68. The maximum Gasteiger partial charge on any atom is 0.134 e. The Morgan fingerprint density at radius 2 is 1.79 bits per heavy atom. The van der Waals surface area contributed by atoms with Gasteiger partial charge in [-0.25, -0.2) is 9.97 Å². The van der Waals surface area contributed by atoms with Crippen LogP contribution in [0.1, 0.15) is 46.1 Å². The summed E-state index contributed by atoms with van der Waals surface area (Å²) in [6.07, 6.45) is 4.13. The largest absolute Gasteiger partial charge is 0.388 e. The molecule has 0 aliphatic heterocycles. The molecule has 0 aromatic carbocycles. The zero-order valence-electron chi connectivity index (χ0n) is 12.5. The summed E-state index contributed by atoms with van der Waals surface area (Å²) in [7, 11) is 0. The smallest absolute Gasteiger partial charge is 0.134 e. The van der Waals surface area contributed by atoms with Crippen molar-refractivity contribution >= 4 is 11.6 Å². The van der Waals surface area contributed by atoms with E-state index < -0.39 is 5.60 Å². The highest BCUT2D eigenvalue weighted by molar-refractivity contribution is 5.57. The Bertz CT molecular complexity index is 393. The third-order valence-electron chi connectivity index (χ3n) is 3.07. The highest BCUT2D eigenvalue weighted by Crippen LogP contribution is 2.21. The van der Waals surface area contributed by atoms with E-state index in [1.807, 2.05) is 13.8 Å². The van der Waals surface area contributed by atoms with Crippen molar-refractivity contribution in [2.75, 3.05) is 23.7 Å². The van der Waals surface area contributed by atoms with Gasteiger partial charge in [-0.15, -0.1) is 0 Å². The van der Waals surface area contributed by atoms with Gasteiger partial charge in [0.25, 0.3) is 0 Å². The van der Waals surface area contributed by atoms with Gasteiger partial charge in [0.15, 0.2) is 0 Å². The second-order valence-electron chi connectivity index (χ2n) is 5.03. The lowest BCUT2D eigenvalue weighted by molar-refractivity contribution is 0.0636. The first-order chi connectivity index (χ1) is 9.04. The van der Waals surface area contributed by atoms with Crippen LogP contribution in [0.15, 0.2) is 6.33 Å². The van der Waals surface area contributed by atoms with Crippen LogP contribution in [0.5, 0.6) is 0 Å². The molecule has 0 bridgehead atoms.